The van der Waals surface area contributed by atoms with E-state index in [1.165, 1.54) is 4.90 Å². The molecule has 0 bridgehead atoms. The maximum atomic E-state index is 13.4. The van der Waals surface area contributed by atoms with E-state index in [1.54, 1.807) is 36.4 Å². The number of nitrogens with zero attached hydrogens (tertiary/aromatic N) is 2. The fraction of sp³-hybridized carbons (Fsp3) is 0.318. The van der Waals surface area contributed by atoms with E-state index in [1.807, 2.05) is 18.2 Å². The van der Waals surface area contributed by atoms with Gasteiger partial charge in [-0.25, -0.2) is 9.69 Å². The van der Waals surface area contributed by atoms with E-state index in [-0.39, 0.29) is 35.1 Å². The molecule has 3 unspecified atom stereocenters. The molecule has 2 fully saturated rings. The summed E-state index contributed by atoms with van der Waals surface area (Å²) in [5.41, 5.74) is 1.08. The monoisotopic (exact) mass is 489 g/mol. The van der Waals surface area contributed by atoms with Crippen molar-refractivity contribution in [3.63, 3.8) is 0 Å². The molecule has 2 aromatic rings. The summed E-state index contributed by atoms with van der Waals surface area (Å²) >= 11 is 9.72. The lowest BCUT2D eigenvalue weighted by Crippen LogP contribution is -2.64. The number of halogens is 2. The van der Waals surface area contributed by atoms with Gasteiger partial charge in [0.05, 0.1) is 11.6 Å². The van der Waals surface area contributed by atoms with Gasteiger partial charge in [-0.3, -0.25) is 9.59 Å². The number of urea groups is 1. The van der Waals surface area contributed by atoms with E-state index in [0.717, 1.165) is 11.3 Å². The van der Waals surface area contributed by atoms with Gasteiger partial charge in [-0.15, -0.1) is 0 Å². The molecule has 3 atom stereocenters. The topological polar surface area (TPSA) is 69.7 Å². The summed E-state index contributed by atoms with van der Waals surface area (Å²) in [6, 6.07) is 15.0. The van der Waals surface area contributed by atoms with Crippen LogP contribution < -0.4 is 10.2 Å². The quantitative estimate of drug-likeness (QED) is 0.633. The molecule has 0 spiro atoms. The second kappa shape index (κ2) is 8.78. The van der Waals surface area contributed by atoms with Gasteiger partial charge in [-0.05, 0) is 49.6 Å². The number of para-hydroxylation sites is 1. The molecule has 0 radical (unpaired) electrons. The lowest BCUT2D eigenvalue weighted by Gasteiger charge is -2.47. The van der Waals surface area contributed by atoms with Crippen LogP contribution in [0, 0.1) is 5.92 Å². The van der Waals surface area contributed by atoms with Crippen molar-refractivity contribution in [1.82, 2.24) is 4.90 Å². The van der Waals surface area contributed by atoms with Crippen molar-refractivity contribution in [2.45, 2.75) is 30.1 Å². The van der Waals surface area contributed by atoms with E-state index in [2.05, 4.69) is 21.2 Å². The molecule has 1 saturated carbocycles. The van der Waals surface area contributed by atoms with E-state index in [4.69, 9.17) is 11.6 Å². The lowest BCUT2D eigenvalue weighted by molar-refractivity contribution is -0.128. The summed E-state index contributed by atoms with van der Waals surface area (Å²) in [6.45, 7) is -0.119. The van der Waals surface area contributed by atoms with Gasteiger partial charge in [0, 0.05) is 21.6 Å². The van der Waals surface area contributed by atoms with Crippen molar-refractivity contribution < 1.29 is 14.4 Å². The first-order valence-corrected chi connectivity index (χ1v) is 11.1. The van der Waals surface area contributed by atoms with Gasteiger partial charge in [0.2, 0.25) is 11.8 Å². The number of benzene rings is 2. The van der Waals surface area contributed by atoms with Crippen LogP contribution in [0.1, 0.15) is 19.3 Å². The Kier molecular flexibility index (Phi) is 6.11. The van der Waals surface area contributed by atoms with Gasteiger partial charge in [-0.1, -0.05) is 51.8 Å². The second-order valence-corrected chi connectivity index (χ2v) is 9.29. The molecule has 1 heterocycles. The molecule has 4 rings (SSSR count). The summed E-state index contributed by atoms with van der Waals surface area (Å²) < 4.78 is 0. The number of carbonyl (C=O) groups is 3. The highest BCUT2D eigenvalue weighted by Crippen LogP contribution is 2.39. The predicted octanol–water partition coefficient (Wildman–Crippen LogP) is 4.68. The number of alkyl halides is 1. The molecule has 30 heavy (non-hydrogen) atoms. The van der Waals surface area contributed by atoms with E-state index in [0.29, 0.717) is 29.2 Å². The van der Waals surface area contributed by atoms with Crippen LogP contribution >= 0.6 is 27.5 Å². The molecule has 8 heteroatoms. The summed E-state index contributed by atoms with van der Waals surface area (Å²) in [5, 5.41) is 3.26. The van der Waals surface area contributed by atoms with Gasteiger partial charge in [0.25, 0.3) is 0 Å². The van der Waals surface area contributed by atoms with Crippen LogP contribution in [0.5, 0.6) is 0 Å². The Balaban J connectivity index is 1.62. The van der Waals surface area contributed by atoms with Crippen LogP contribution in [0.3, 0.4) is 0 Å². The number of hydrogen-bond donors (Lipinski definition) is 1. The first-order chi connectivity index (χ1) is 14.4. The summed E-state index contributed by atoms with van der Waals surface area (Å²) in [6.07, 6.45) is 2.13. The highest BCUT2D eigenvalue weighted by Gasteiger charge is 2.49. The molecular weight excluding hydrogens is 470 g/mol. The Bertz CT molecular complexity index is 971. The number of rotatable bonds is 4. The minimum Gasteiger partial charge on any atom is -0.325 e. The maximum absolute atomic E-state index is 13.4. The minimum atomic E-state index is -0.486. The number of nitrogens with one attached hydrogen (secondary N) is 1. The molecule has 1 aliphatic heterocycles. The summed E-state index contributed by atoms with van der Waals surface area (Å²) in [4.78, 5) is 42.2. The molecule has 1 N–H and O–H groups in total. The molecule has 2 aliphatic rings. The molecule has 2 aromatic carbocycles. The number of imide groups is 1. The highest BCUT2D eigenvalue weighted by molar-refractivity contribution is 9.09. The van der Waals surface area contributed by atoms with E-state index < -0.39 is 6.03 Å². The van der Waals surface area contributed by atoms with Crippen LogP contribution in [0.25, 0.3) is 0 Å². The number of anilines is 2. The molecule has 0 aromatic heterocycles. The number of fused-ring (bicyclic) bond motifs is 1. The zero-order chi connectivity index (χ0) is 21.3. The Hall–Kier alpha value is -2.38. The van der Waals surface area contributed by atoms with Crippen molar-refractivity contribution in [3.05, 3.63) is 59.6 Å². The molecule has 1 saturated heterocycles. The van der Waals surface area contributed by atoms with Gasteiger partial charge in [0.15, 0.2) is 0 Å². The van der Waals surface area contributed by atoms with Gasteiger partial charge < -0.3 is 10.2 Å². The Morgan fingerprint density at radius 2 is 1.87 bits per heavy atom. The highest BCUT2D eigenvalue weighted by atomic mass is 79.9. The first-order valence-electron chi connectivity index (χ1n) is 9.83. The molecular formula is C22H21BrClN3O3. The Labute approximate surface area is 188 Å². The van der Waals surface area contributed by atoms with Crippen LogP contribution in [0.2, 0.25) is 5.02 Å². The Morgan fingerprint density at radius 1 is 1.10 bits per heavy atom. The third-order valence-electron chi connectivity index (χ3n) is 5.56. The fourth-order valence-electron chi connectivity index (χ4n) is 4.19. The largest absolute Gasteiger partial charge is 0.332 e. The second-order valence-electron chi connectivity index (χ2n) is 7.56. The van der Waals surface area contributed by atoms with Crippen molar-refractivity contribution in [1.29, 1.82) is 0 Å². The SMILES string of the molecule is O=C(CN1C(=O)N(c2cccc(Cl)c2)C(=O)C2CC(Br)CCC21)Nc1ccccc1. The Morgan fingerprint density at radius 3 is 2.60 bits per heavy atom. The molecule has 4 amide bonds. The first kappa shape index (κ1) is 20.9. The van der Waals surface area contributed by atoms with Crippen molar-refractivity contribution in [2.24, 2.45) is 5.92 Å². The number of carbonyl (C=O) groups excluding carboxylic acids is 3. The van der Waals surface area contributed by atoms with E-state index >= 15 is 0 Å². The third kappa shape index (κ3) is 4.23. The fourth-order valence-corrected chi connectivity index (χ4v) is 5.04. The van der Waals surface area contributed by atoms with Crippen LogP contribution in [0.4, 0.5) is 16.2 Å². The number of amides is 4. The standard InChI is InChI=1S/C22H21BrClN3O3/c23-14-9-10-19-18(11-14)21(29)27(17-8-4-5-15(24)12-17)22(30)26(19)13-20(28)25-16-6-2-1-3-7-16/h1-8,12,14,18-19H,9-11,13H2,(H,25,28). The van der Waals surface area contributed by atoms with Crippen molar-refractivity contribution in [2.75, 3.05) is 16.8 Å². The summed E-state index contributed by atoms with van der Waals surface area (Å²) in [7, 11) is 0. The van der Waals surface area contributed by atoms with E-state index in [9.17, 15) is 14.4 Å². The van der Waals surface area contributed by atoms with Crippen LogP contribution in [-0.4, -0.2) is 40.2 Å². The molecule has 156 valence electrons. The van der Waals surface area contributed by atoms with Crippen molar-refractivity contribution >= 4 is 56.8 Å². The van der Waals surface area contributed by atoms with Crippen molar-refractivity contribution in [3.8, 4) is 0 Å². The predicted molar refractivity (Wildman–Crippen MR) is 120 cm³/mol. The van der Waals surface area contributed by atoms with Gasteiger partial charge >= 0.3 is 6.03 Å². The average Bonchev–Trinajstić information content (AvgIpc) is 2.72. The number of hydrogen-bond acceptors (Lipinski definition) is 3. The minimum absolute atomic E-state index is 0.119. The normalized spacial score (nSPS) is 23.9. The van der Waals surface area contributed by atoms with Crippen LogP contribution in [-0.2, 0) is 9.59 Å². The molecule has 1 aliphatic carbocycles. The lowest BCUT2D eigenvalue weighted by atomic mass is 9.81. The maximum Gasteiger partial charge on any atom is 0.332 e. The third-order valence-corrected chi connectivity index (χ3v) is 6.63. The average molecular weight is 491 g/mol. The molecule has 6 nitrogen and oxygen atoms in total. The smallest absolute Gasteiger partial charge is 0.325 e. The van der Waals surface area contributed by atoms with Crippen LogP contribution in [0.15, 0.2) is 54.6 Å². The zero-order valence-corrected chi connectivity index (χ0v) is 18.5. The zero-order valence-electron chi connectivity index (χ0n) is 16.1. The summed E-state index contributed by atoms with van der Waals surface area (Å²) in [5.74, 6) is -0.907. The van der Waals surface area contributed by atoms with Gasteiger partial charge in [0.1, 0.15) is 6.54 Å². The van der Waals surface area contributed by atoms with Gasteiger partial charge in [-0.2, -0.15) is 0 Å².